The molecule has 1 aliphatic rings. The lowest BCUT2D eigenvalue weighted by Gasteiger charge is -2.30. The van der Waals surface area contributed by atoms with E-state index in [1.54, 1.807) is 7.11 Å². The minimum absolute atomic E-state index is 0.180. The summed E-state index contributed by atoms with van der Waals surface area (Å²) >= 11 is 0. The Kier molecular flexibility index (Phi) is 5.65. The van der Waals surface area contributed by atoms with Crippen molar-refractivity contribution in [3.05, 3.63) is 35.4 Å². The van der Waals surface area contributed by atoms with E-state index in [0.29, 0.717) is 26.0 Å². The number of methoxy groups -OCH3 is 1. The van der Waals surface area contributed by atoms with Crippen LogP contribution in [0, 0.1) is 5.92 Å². The van der Waals surface area contributed by atoms with E-state index in [1.165, 1.54) is 0 Å². The van der Waals surface area contributed by atoms with E-state index >= 15 is 0 Å². The molecule has 0 aliphatic heterocycles. The van der Waals surface area contributed by atoms with Crippen molar-refractivity contribution in [1.82, 2.24) is 5.32 Å². The van der Waals surface area contributed by atoms with Crippen LogP contribution >= 0.6 is 0 Å². The third-order valence-corrected chi connectivity index (χ3v) is 4.19. The van der Waals surface area contributed by atoms with E-state index in [9.17, 15) is 13.2 Å². The first-order chi connectivity index (χ1) is 10.0. The monoisotopic (exact) mass is 301 g/mol. The molecule has 0 heterocycles. The standard InChI is InChI=1S/C16H22F3NO/c1-21-11-13-5-3-2-4-12(13)10-20-15-8-6-14(7-9-15)16(17,18)19/h2-5,14-15,20H,6-11H2,1H3. The highest BCUT2D eigenvalue weighted by Gasteiger charge is 2.41. The van der Waals surface area contributed by atoms with Gasteiger partial charge in [0.1, 0.15) is 0 Å². The van der Waals surface area contributed by atoms with Gasteiger partial charge in [0.25, 0.3) is 0 Å². The van der Waals surface area contributed by atoms with E-state index < -0.39 is 12.1 Å². The number of ether oxygens (including phenoxy) is 1. The Bertz CT molecular complexity index is 439. The first-order valence-electron chi connectivity index (χ1n) is 7.36. The summed E-state index contributed by atoms with van der Waals surface area (Å²) in [5.41, 5.74) is 2.27. The van der Waals surface area contributed by atoms with Gasteiger partial charge in [-0.25, -0.2) is 0 Å². The van der Waals surface area contributed by atoms with Crippen LogP contribution < -0.4 is 5.32 Å². The van der Waals surface area contributed by atoms with Crippen molar-refractivity contribution in [2.24, 2.45) is 5.92 Å². The Morgan fingerprint density at radius 3 is 2.29 bits per heavy atom. The van der Waals surface area contributed by atoms with Gasteiger partial charge in [-0.15, -0.1) is 0 Å². The van der Waals surface area contributed by atoms with Crippen LogP contribution in [-0.4, -0.2) is 19.3 Å². The first-order valence-corrected chi connectivity index (χ1v) is 7.36. The summed E-state index contributed by atoms with van der Waals surface area (Å²) in [5, 5.41) is 3.39. The van der Waals surface area contributed by atoms with E-state index in [0.717, 1.165) is 11.1 Å². The Balaban J connectivity index is 1.82. The molecule has 1 aromatic carbocycles. The van der Waals surface area contributed by atoms with Crippen LogP contribution in [0.4, 0.5) is 13.2 Å². The van der Waals surface area contributed by atoms with Crippen LogP contribution in [0.1, 0.15) is 36.8 Å². The van der Waals surface area contributed by atoms with Crippen molar-refractivity contribution in [3.8, 4) is 0 Å². The molecule has 1 aromatic rings. The van der Waals surface area contributed by atoms with Gasteiger partial charge in [0, 0.05) is 19.7 Å². The molecule has 2 nitrogen and oxygen atoms in total. The molecule has 0 spiro atoms. The summed E-state index contributed by atoms with van der Waals surface area (Å²) in [5.74, 6) is -1.11. The molecule has 0 saturated heterocycles. The summed E-state index contributed by atoms with van der Waals surface area (Å²) < 4.78 is 43.0. The first kappa shape index (κ1) is 16.3. The molecule has 21 heavy (non-hydrogen) atoms. The number of hydrogen-bond acceptors (Lipinski definition) is 2. The van der Waals surface area contributed by atoms with Crippen LogP contribution in [0.3, 0.4) is 0 Å². The molecule has 1 fully saturated rings. The highest BCUT2D eigenvalue weighted by atomic mass is 19.4. The molecule has 0 bridgehead atoms. The highest BCUT2D eigenvalue weighted by Crippen LogP contribution is 2.37. The Morgan fingerprint density at radius 1 is 1.10 bits per heavy atom. The zero-order chi connectivity index (χ0) is 15.3. The quantitative estimate of drug-likeness (QED) is 0.886. The fourth-order valence-corrected chi connectivity index (χ4v) is 2.91. The van der Waals surface area contributed by atoms with Gasteiger partial charge < -0.3 is 10.1 Å². The molecule has 0 atom stereocenters. The molecule has 5 heteroatoms. The molecule has 1 aliphatic carbocycles. The second kappa shape index (κ2) is 7.27. The minimum atomic E-state index is -4.03. The van der Waals surface area contributed by atoms with Gasteiger partial charge in [-0.05, 0) is 36.8 Å². The van der Waals surface area contributed by atoms with E-state index in [2.05, 4.69) is 5.32 Å². The summed E-state index contributed by atoms with van der Waals surface area (Å²) in [6.07, 6.45) is -2.37. The SMILES string of the molecule is COCc1ccccc1CNC1CCC(C(F)(F)F)CC1. The van der Waals surface area contributed by atoms with Gasteiger partial charge in [-0.1, -0.05) is 24.3 Å². The van der Waals surface area contributed by atoms with Gasteiger partial charge in [0.15, 0.2) is 0 Å². The largest absolute Gasteiger partial charge is 0.391 e. The van der Waals surface area contributed by atoms with Gasteiger partial charge in [-0.3, -0.25) is 0 Å². The third kappa shape index (κ3) is 4.71. The predicted molar refractivity (Wildman–Crippen MR) is 75.8 cm³/mol. The van der Waals surface area contributed by atoms with E-state index in [4.69, 9.17) is 4.74 Å². The van der Waals surface area contributed by atoms with Gasteiger partial charge in [0.05, 0.1) is 12.5 Å². The lowest BCUT2D eigenvalue weighted by Crippen LogP contribution is -2.36. The predicted octanol–water partition coefficient (Wildman–Crippen LogP) is 4.04. The van der Waals surface area contributed by atoms with Crippen molar-refractivity contribution in [2.45, 2.75) is 51.1 Å². The lowest BCUT2D eigenvalue weighted by atomic mass is 9.85. The second-order valence-corrected chi connectivity index (χ2v) is 5.67. The van der Waals surface area contributed by atoms with Crippen LogP contribution in [0.2, 0.25) is 0 Å². The number of rotatable bonds is 5. The maximum Gasteiger partial charge on any atom is 0.391 e. The molecule has 2 rings (SSSR count). The third-order valence-electron chi connectivity index (χ3n) is 4.19. The van der Waals surface area contributed by atoms with Crippen molar-refractivity contribution >= 4 is 0 Å². The summed E-state index contributed by atoms with van der Waals surface area (Å²) in [4.78, 5) is 0. The van der Waals surface area contributed by atoms with Crippen LogP contribution in [0.25, 0.3) is 0 Å². The van der Waals surface area contributed by atoms with Crippen LogP contribution in [0.15, 0.2) is 24.3 Å². The number of halogens is 3. The molecular formula is C16H22F3NO. The van der Waals surface area contributed by atoms with Crippen molar-refractivity contribution in [3.63, 3.8) is 0 Å². The molecule has 0 radical (unpaired) electrons. The molecule has 1 N–H and O–H groups in total. The maximum atomic E-state index is 12.6. The maximum absolute atomic E-state index is 12.6. The van der Waals surface area contributed by atoms with Crippen molar-refractivity contribution < 1.29 is 17.9 Å². The average molecular weight is 301 g/mol. The highest BCUT2D eigenvalue weighted by molar-refractivity contribution is 5.26. The molecule has 1 saturated carbocycles. The molecular weight excluding hydrogens is 279 g/mol. The van der Waals surface area contributed by atoms with Crippen molar-refractivity contribution in [1.29, 1.82) is 0 Å². The molecule has 0 amide bonds. The second-order valence-electron chi connectivity index (χ2n) is 5.67. The van der Waals surface area contributed by atoms with Gasteiger partial charge in [0.2, 0.25) is 0 Å². The van der Waals surface area contributed by atoms with E-state index in [-0.39, 0.29) is 18.9 Å². The Hall–Kier alpha value is -1.07. The smallest absolute Gasteiger partial charge is 0.380 e. The fourth-order valence-electron chi connectivity index (χ4n) is 2.91. The van der Waals surface area contributed by atoms with Gasteiger partial charge >= 0.3 is 6.18 Å². The molecule has 0 aromatic heterocycles. The normalized spacial score (nSPS) is 23.2. The summed E-state index contributed by atoms with van der Waals surface area (Å²) in [6.45, 7) is 1.24. The number of alkyl halides is 3. The number of benzene rings is 1. The Labute approximate surface area is 123 Å². The number of nitrogens with one attached hydrogen (secondary N) is 1. The van der Waals surface area contributed by atoms with Crippen LogP contribution in [0.5, 0.6) is 0 Å². The average Bonchev–Trinajstić information content (AvgIpc) is 2.46. The lowest BCUT2D eigenvalue weighted by molar-refractivity contribution is -0.182. The zero-order valence-electron chi connectivity index (χ0n) is 12.2. The van der Waals surface area contributed by atoms with Gasteiger partial charge in [-0.2, -0.15) is 13.2 Å². The van der Waals surface area contributed by atoms with Crippen LogP contribution in [-0.2, 0) is 17.9 Å². The minimum Gasteiger partial charge on any atom is -0.380 e. The number of hydrogen-bond donors (Lipinski definition) is 1. The zero-order valence-corrected chi connectivity index (χ0v) is 12.2. The molecule has 118 valence electrons. The topological polar surface area (TPSA) is 21.3 Å². The fraction of sp³-hybridized carbons (Fsp3) is 0.625. The molecule has 0 unspecified atom stereocenters. The summed E-state index contributed by atoms with van der Waals surface area (Å²) in [7, 11) is 1.66. The van der Waals surface area contributed by atoms with E-state index in [1.807, 2.05) is 24.3 Å². The Morgan fingerprint density at radius 2 is 1.71 bits per heavy atom. The summed E-state index contributed by atoms with van der Waals surface area (Å²) in [6, 6.07) is 8.16. The van der Waals surface area contributed by atoms with Crippen molar-refractivity contribution in [2.75, 3.05) is 7.11 Å².